The Kier molecular flexibility index (Phi) is 4.62. The standard InChI is InChI=1S/C19H20N4S/c1-14-17(18(21-22(2)3)15-10-6-4-7-11-15)19(24)23(20-14)16-12-8-5-9-13-16/h4-13,20H,1-3H3/b21-18+. The maximum atomic E-state index is 5.76. The Morgan fingerprint density at radius 2 is 1.58 bits per heavy atom. The summed E-state index contributed by atoms with van der Waals surface area (Å²) < 4.78 is 2.65. The molecule has 0 radical (unpaired) electrons. The Labute approximate surface area is 147 Å². The van der Waals surface area contributed by atoms with E-state index in [0.717, 1.165) is 32.9 Å². The van der Waals surface area contributed by atoms with Crippen LogP contribution in [0.2, 0.25) is 0 Å². The van der Waals surface area contributed by atoms with E-state index in [1.54, 1.807) is 5.01 Å². The van der Waals surface area contributed by atoms with Crippen molar-refractivity contribution in [3.63, 3.8) is 0 Å². The smallest absolute Gasteiger partial charge is 0.137 e. The van der Waals surface area contributed by atoms with E-state index in [1.807, 2.05) is 74.2 Å². The molecule has 3 aromatic rings. The molecule has 1 N–H and O–H groups in total. The van der Waals surface area contributed by atoms with Gasteiger partial charge in [-0.2, -0.15) is 5.10 Å². The van der Waals surface area contributed by atoms with Gasteiger partial charge in [0.25, 0.3) is 0 Å². The third-order valence-corrected chi connectivity index (χ3v) is 4.06. The number of nitrogens with zero attached hydrogens (tertiary/aromatic N) is 3. The Hall–Kier alpha value is -2.66. The molecule has 0 atom stereocenters. The molecule has 0 aliphatic heterocycles. The van der Waals surface area contributed by atoms with E-state index in [2.05, 4.69) is 17.2 Å². The molecule has 24 heavy (non-hydrogen) atoms. The minimum atomic E-state index is 0.725. The van der Waals surface area contributed by atoms with Gasteiger partial charge in [0.1, 0.15) is 10.4 Å². The van der Waals surface area contributed by atoms with Gasteiger partial charge in [0.2, 0.25) is 0 Å². The number of nitrogens with one attached hydrogen (secondary N) is 1. The second kappa shape index (κ2) is 6.84. The maximum absolute atomic E-state index is 5.76. The van der Waals surface area contributed by atoms with Gasteiger partial charge in [0.05, 0.1) is 11.3 Å². The number of para-hydroxylation sites is 1. The van der Waals surface area contributed by atoms with Crippen LogP contribution >= 0.6 is 12.2 Å². The number of hydrazone groups is 1. The number of hydrogen-bond acceptors (Lipinski definition) is 3. The van der Waals surface area contributed by atoms with Gasteiger partial charge in [0, 0.05) is 25.4 Å². The summed E-state index contributed by atoms with van der Waals surface area (Å²) in [7, 11) is 3.83. The molecule has 0 saturated heterocycles. The Morgan fingerprint density at radius 3 is 2.17 bits per heavy atom. The fourth-order valence-electron chi connectivity index (χ4n) is 2.63. The van der Waals surface area contributed by atoms with E-state index in [9.17, 15) is 0 Å². The highest BCUT2D eigenvalue weighted by Gasteiger charge is 2.17. The molecule has 0 saturated carbocycles. The molecule has 5 heteroatoms. The third kappa shape index (κ3) is 3.16. The van der Waals surface area contributed by atoms with E-state index >= 15 is 0 Å². The lowest BCUT2D eigenvalue weighted by Crippen LogP contribution is -2.12. The first-order valence-electron chi connectivity index (χ1n) is 7.76. The van der Waals surface area contributed by atoms with E-state index in [4.69, 9.17) is 17.3 Å². The fraction of sp³-hybridized carbons (Fsp3) is 0.158. The fourth-order valence-corrected chi connectivity index (χ4v) is 3.03. The topological polar surface area (TPSA) is 36.3 Å². The van der Waals surface area contributed by atoms with Gasteiger partial charge in [-0.05, 0) is 19.1 Å². The number of aromatic nitrogens is 2. The van der Waals surface area contributed by atoms with Crippen LogP contribution in [0.4, 0.5) is 0 Å². The van der Waals surface area contributed by atoms with Crippen LogP contribution in [0.15, 0.2) is 65.8 Å². The molecule has 122 valence electrons. The average molecular weight is 336 g/mol. The molecule has 0 unspecified atom stereocenters. The van der Waals surface area contributed by atoms with Crippen LogP contribution in [-0.2, 0) is 0 Å². The highest BCUT2D eigenvalue weighted by Crippen LogP contribution is 2.19. The second-order valence-corrected chi connectivity index (χ2v) is 6.14. The third-order valence-electron chi connectivity index (χ3n) is 3.67. The van der Waals surface area contributed by atoms with Crippen molar-refractivity contribution >= 4 is 17.9 Å². The monoisotopic (exact) mass is 336 g/mol. The summed E-state index contributed by atoms with van der Waals surface area (Å²) in [6, 6.07) is 20.2. The highest BCUT2D eigenvalue weighted by molar-refractivity contribution is 7.71. The summed E-state index contributed by atoms with van der Waals surface area (Å²) in [5.41, 5.74) is 4.87. The van der Waals surface area contributed by atoms with Crippen LogP contribution in [0.25, 0.3) is 5.69 Å². The lowest BCUT2D eigenvalue weighted by Gasteiger charge is -2.11. The second-order valence-electron chi connectivity index (χ2n) is 5.75. The molecule has 4 nitrogen and oxygen atoms in total. The minimum absolute atomic E-state index is 0.725. The van der Waals surface area contributed by atoms with E-state index in [-0.39, 0.29) is 0 Å². The zero-order valence-corrected chi connectivity index (χ0v) is 14.8. The van der Waals surface area contributed by atoms with Crippen molar-refractivity contribution < 1.29 is 0 Å². The van der Waals surface area contributed by atoms with Gasteiger partial charge in [-0.25, -0.2) is 4.68 Å². The van der Waals surface area contributed by atoms with Crippen molar-refractivity contribution in [1.29, 1.82) is 0 Å². The first-order chi connectivity index (χ1) is 11.6. The predicted octanol–water partition coefficient (Wildman–Crippen LogP) is 4.16. The van der Waals surface area contributed by atoms with Crippen LogP contribution in [0.5, 0.6) is 0 Å². The van der Waals surface area contributed by atoms with Crippen molar-refractivity contribution in [2.24, 2.45) is 5.10 Å². The molecule has 0 spiro atoms. The number of aryl methyl sites for hydroxylation is 1. The van der Waals surface area contributed by atoms with Crippen molar-refractivity contribution in [3.8, 4) is 5.69 Å². The first-order valence-corrected chi connectivity index (χ1v) is 8.17. The number of rotatable bonds is 4. The van der Waals surface area contributed by atoms with Crippen LogP contribution in [0, 0.1) is 11.6 Å². The lowest BCUT2D eigenvalue weighted by atomic mass is 10.0. The van der Waals surface area contributed by atoms with Gasteiger partial charge in [-0.1, -0.05) is 60.7 Å². The molecular weight excluding hydrogens is 316 g/mol. The summed E-state index contributed by atoms with van der Waals surface area (Å²) in [6.07, 6.45) is 0. The van der Waals surface area contributed by atoms with Crippen molar-refractivity contribution in [2.75, 3.05) is 14.1 Å². The van der Waals surface area contributed by atoms with Crippen molar-refractivity contribution in [2.45, 2.75) is 6.92 Å². The summed E-state index contributed by atoms with van der Waals surface area (Å²) >= 11 is 5.76. The molecule has 0 amide bonds. The van der Waals surface area contributed by atoms with E-state index in [0.29, 0.717) is 0 Å². The highest BCUT2D eigenvalue weighted by atomic mass is 32.1. The molecule has 3 rings (SSSR count). The summed E-state index contributed by atoms with van der Waals surface area (Å²) in [5.74, 6) is 0. The number of aromatic amines is 1. The predicted molar refractivity (Wildman–Crippen MR) is 101 cm³/mol. The van der Waals surface area contributed by atoms with Gasteiger partial charge >= 0.3 is 0 Å². The Bertz CT molecular complexity index is 906. The van der Waals surface area contributed by atoms with Crippen LogP contribution < -0.4 is 0 Å². The molecule has 0 bridgehead atoms. The van der Waals surface area contributed by atoms with Crippen molar-refractivity contribution in [3.05, 3.63) is 82.1 Å². The number of H-pyrrole nitrogens is 1. The van der Waals surface area contributed by atoms with E-state index < -0.39 is 0 Å². The van der Waals surface area contributed by atoms with Crippen LogP contribution in [0.3, 0.4) is 0 Å². The number of benzene rings is 2. The van der Waals surface area contributed by atoms with Crippen LogP contribution in [0.1, 0.15) is 16.8 Å². The zero-order valence-electron chi connectivity index (χ0n) is 14.0. The SMILES string of the molecule is Cc1[nH]n(-c2ccccc2)c(=S)c1/C(=N/N(C)C)c1ccccc1. The molecule has 0 fully saturated rings. The molecule has 0 aliphatic rings. The molecule has 1 aromatic heterocycles. The van der Waals surface area contributed by atoms with Gasteiger partial charge in [-0.3, -0.25) is 5.10 Å². The molecule has 0 aliphatic carbocycles. The summed E-state index contributed by atoms with van der Waals surface area (Å²) in [6.45, 7) is 2.03. The maximum Gasteiger partial charge on any atom is 0.137 e. The normalized spacial score (nSPS) is 11.5. The zero-order chi connectivity index (χ0) is 17.1. The molecule has 1 heterocycles. The Morgan fingerprint density at radius 1 is 1.00 bits per heavy atom. The van der Waals surface area contributed by atoms with Gasteiger partial charge < -0.3 is 5.01 Å². The lowest BCUT2D eigenvalue weighted by molar-refractivity contribution is 0.438. The quantitative estimate of drug-likeness (QED) is 0.441. The minimum Gasteiger partial charge on any atom is -0.303 e. The summed E-state index contributed by atoms with van der Waals surface area (Å²) in [4.78, 5) is 0. The van der Waals surface area contributed by atoms with Gasteiger partial charge in [-0.15, -0.1) is 0 Å². The first kappa shape index (κ1) is 16.2. The molecule has 2 aromatic carbocycles. The van der Waals surface area contributed by atoms with Gasteiger partial charge in [0.15, 0.2) is 0 Å². The summed E-state index contributed by atoms with van der Waals surface area (Å²) in [5, 5.41) is 9.86. The number of hydrogen-bond donors (Lipinski definition) is 1. The van der Waals surface area contributed by atoms with Crippen molar-refractivity contribution in [1.82, 2.24) is 14.8 Å². The van der Waals surface area contributed by atoms with E-state index in [1.165, 1.54) is 0 Å². The Balaban J connectivity index is 2.20. The average Bonchev–Trinajstić information content (AvgIpc) is 2.89. The largest absolute Gasteiger partial charge is 0.303 e. The van der Waals surface area contributed by atoms with Crippen LogP contribution in [-0.4, -0.2) is 34.6 Å². The molecular formula is C19H20N4S.